The highest BCUT2D eigenvalue weighted by atomic mass is 15.2. The zero-order valence-corrected chi connectivity index (χ0v) is 21.7. The second-order valence-electron chi connectivity index (χ2n) is 10.5. The third kappa shape index (κ3) is 3.29. The van der Waals surface area contributed by atoms with Crippen LogP contribution in [-0.4, -0.2) is 4.57 Å². The fourth-order valence-electron chi connectivity index (χ4n) is 6.12. The van der Waals surface area contributed by atoms with Crippen molar-refractivity contribution in [2.45, 2.75) is 19.3 Å². The van der Waals surface area contributed by atoms with E-state index < -0.39 is 0 Å². The molecule has 0 bridgehead atoms. The highest BCUT2D eigenvalue weighted by Crippen LogP contribution is 2.53. The Morgan fingerprint density at radius 3 is 1.97 bits per heavy atom. The molecule has 4 heteroatoms. The molecule has 0 spiro atoms. The number of rotatable bonds is 2. The van der Waals surface area contributed by atoms with Gasteiger partial charge in [0.25, 0.3) is 0 Å². The molecule has 2 heterocycles. The first-order chi connectivity index (χ1) is 19.0. The average molecular weight is 501 g/mol. The van der Waals surface area contributed by atoms with E-state index in [-0.39, 0.29) is 5.41 Å². The van der Waals surface area contributed by atoms with E-state index in [1.807, 2.05) is 24.3 Å². The zero-order chi connectivity index (χ0) is 26.7. The minimum atomic E-state index is -0.376. The lowest BCUT2D eigenvalue weighted by Crippen LogP contribution is -2.30. The maximum absolute atomic E-state index is 9.68. The molecule has 5 aromatic carbocycles. The van der Waals surface area contributed by atoms with E-state index in [4.69, 9.17) is 6.57 Å². The van der Waals surface area contributed by atoms with Crippen molar-refractivity contribution in [2.24, 2.45) is 0 Å². The van der Waals surface area contributed by atoms with Crippen LogP contribution in [-0.2, 0) is 5.41 Å². The van der Waals surface area contributed by atoms with E-state index >= 15 is 0 Å². The van der Waals surface area contributed by atoms with E-state index in [0.29, 0.717) is 11.3 Å². The first-order valence-corrected chi connectivity index (χ1v) is 13.0. The van der Waals surface area contributed by atoms with Crippen molar-refractivity contribution in [1.82, 2.24) is 4.57 Å². The summed E-state index contributed by atoms with van der Waals surface area (Å²) in [5, 5.41) is 12.1. The second-order valence-corrected chi connectivity index (χ2v) is 10.5. The van der Waals surface area contributed by atoms with Crippen molar-refractivity contribution < 1.29 is 0 Å². The van der Waals surface area contributed by atoms with Crippen molar-refractivity contribution in [2.75, 3.05) is 4.90 Å². The molecule has 0 aliphatic carbocycles. The van der Waals surface area contributed by atoms with Crippen LogP contribution in [0.5, 0.6) is 0 Å². The van der Waals surface area contributed by atoms with Gasteiger partial charge in [-0.05, 0) is 65.7 Å². The average Bonchev–Trinajstić information content (AvgIpc) is 3.32. The summed E-state index contributed by atoms with van der Waals surface area (Å²) in [5.41, 5.74) is 9.51. The molecule has 0 fully saturated rings. The molecule has 1 aliphatic rings. The first kappa shape index (κ1) is 22.8. The van der Waals surface area contributed by atoms with Crippen molar-refractivity contribution in [3.63, 3.8) is 0 Å². The number of fused-ring (bicyclic) bond motifs is 5. The van der Waals surface area contributed by atoms with E-state index in [1.165, 1.54) is 10.8 Å². The topological polar surface area (TPSA) is 36.3 Å². The minimum absolute atomic E-state index is 0.376. The van der Waals surface area contributed by atoms with Crippen LogP contribution in [0.1, 0.15) is 30.5 Å². The van der Waals surface area contributed by atoms with Gasteiger partial charge < -0.3 is 9.47 Å². The van der Waals surface area contributed by atoms with Gasteiger partial charge in [0.15, 0.2) is 5.69 Å². The largest absolute Gasteiger partial charge is 0.310 e. The molecule has 4 nitrogen and oxygen atoms in total. The predicted molar refractivity (Wildman–Crippen MR) is 159 cm³/mol. The number of aromatic nitrogens is 1. The molecule has 1 aromatic heterocycles. The van der Waals surface area contributed by atoms with E-state index in [2.05, 4.69) is 119 Å². The van der Waals surface area contributed by atoms with Crippen LogP contribution in [0.4, 0.5) is 22.7 Å². The zero-order valence-electron chi connectivity index (χ0n) is 21.7. The molecular weight excluding hydrogens is 476 g/mol. The summed E-state index contributed by atoms with van der Waals surface area (Å²) in [7, 11) is 0. The Morgan fingerprint density at radius 1 is 0.692 bits per heavy atom. The first-order valence-electron chi connectivity index (χ1n) is 13.0. The molecule has 0 saturated carbocycles. The fourth-order valence-corrected chi connectivity index (χ4v) is 6.12. The second kappa shape index (κ2) is 8.35. The Balaban J connectivity index is 1.50. The maximum atomic E-state index is 9.68. The molecule has 0 radical (unpaired) electrons. The summed E-state index contributed by atoms with van der Waals surface area (Å²) < 4.78 is 2.32. The summed E-state index contributed by atoms with van der Waals surface area (Å²) in [5.74, 6) is 0. The lowest BCUT2D eigenvalue weighted by atomic mass is 9.73. The monoisotopic (exact) mass is 500 g/mol. The van der Waals surface area contributed by atoms with Crippen LogP contribution in [0, 0.1) is 17.9 Å². The number of hydrogen-bond acceptors (Lipinski definition) is 2. The third-order valence-corrected chi connectivity index (χ3v) is 7.99. The number of benzene rings is 5. The Morgan fingerprint density at radius 2 is 1.31 bits per heavy atom. The Labute approximate surface area is 227 Å². The Kier molecular flexibility index (Phi) is 4.89. The SMILES string of the molecule is [C-]#[N+]c1ccc2c(c1)C(C)(C)c1cc(C#N)ccc1N2c1cccc(-n2c3ccccc3c3ccccc32)c1. The van der Waals surface area contributed by atoms with Crippen molar-refractivity contribution in [3.05, 3.63) is 137 Å². The summed E-state index contributed by atoms with van der Waals surface area (Å²) in [6.07, 6.45) is 0. The lowest BCUT2D eigenvalue weighted by molar-refractivity contribution is 0.632. The molecule has 0 N–H and O–H groups in total. The van der Waals surface area contributed by atoms with Gasteiger partial charge in [0.1, 0.15) is 0 Å². The van der Waals surface area contributed by atoms with Crippen LogP contribution in [0.2, 0.25) is 0 Å². The molecular formula is C35H24N4. The quantitative estimate of drug-likeness (QED) is 0.222. The maximum Gasteiger partial charge on any atom is 0.187 e. The van der Waals surface area contributed by atoms with Gasteiger partial charge in [-0.3, -0.25) is 0 Å². The van der Waals surface area contributed by atoms with E-state index in [1.54, 1.807) is 0 Å². The normalized spacial score (nSPS) is 13.5. The number of hydrogen-bond donors (Lipinski definition) is 0. The van der Waals surface area contributed by atoms with Gasteiger partial charge in [0, 0.05) is 33.2 Å². The third-order valence-electron chi connectivity index (χ3n) is 7.99. The molecule has 0 atom stereocenters. The smallest absolute Gasteiger partial charge is 0.187 e. The van der Waals surface area contributed by atoms with Crippen LogP contribution in [0.25, 0.3) is 32.3 Å². The number of nitrogens with zero attached hydrogens (tertiary/aromatic N) is 4. The van der Waals surface area contributed by atoms with Crippen LogP contribution < -0.4 is 4.90 Å². The van der Waals surface area contributed by atoms with Gasteiger partial charge in [-0.2, -0.15) is 5.26 Å². The van der Waals surface area contributed by atoms with Gasteiger partial charge in [-0.15, -0.1) is 0 Å². The molecule has 7 rings (SSSR count). The molecule has 6 aromatic rings. The van der Waals surface area contributed by atoms with Crippen molar-refractivity contribution in [1.29, 1.82) is 5.26 Å². The molecule has 0 amide bonds. The van der Waals surface area contributed by atoms with Crippen LogP contribution in [0.15, 0.2) is 109 Å². The summed E-state index contributed by atoms with van der Waals surface area (Å²) in [6.45, 7) is 12.0. The minimum Gasteiger partial charge on any atom is -0.310 e. The standard InChI is InChI=1S/C35H24N4/c1-35(2)29-19-23(22-36)15-17-33(29)39(34-18-16-24(37-3)20-30(34)35)26-10-8-9-25(21-26)38-31-13-6-4-11-27(31)28-12-5-7-14-32(28)38/h4-21H,1-2H3. The lowest BCUT2D eigenvalue weighted by Gasteiger charge is -2.42. The molecule has 0 unspecified atom stereocenters. The van der Waals surface area contributed by atoms with E-state index in [9.17, 15) is 5.26 Å². The van der Waals surface area contributed by atoms with Gasteiger partial charge >= 0.3 is 0 Å². The van der Waals surface area contributed by atoms with Gasteiger partial charge in [-0.25, -0.2) is 4.85 Å². The number of anilines is 3. The molecule has 1 aliphatic heterocycles. The van der Waals surface area contributed by atoms with E-state index in [0.717, 1.165) is 44.9 Å². The van der Waals surface area contributed by atoms with Gasteiger partial charge in [-0.1, -0.05) is 68.4 Å². The highest BCUT2D eigenvalue weighted by Gasteiger charge is 2.37. The Hall–Kier alpha value is -5.32. The molecule has 0 saturated heterocycles. The van der Waals surface area contributed by atoms with Crippen molar-refractivity contribution in [3.8, 4) is 11.8 Å². The Bertz CT molecular complexity index is 1910. The van der Waals surface area contributed by atoms with Gasteiger partial charge in [0.2, 0.25) is 0 Å². The molecule has 184 valence electrons. The van der Waals surface area contributed by atoms with Gasteiger partial charge in [0.05, 0.1) is 34.9 Å². The summed E-state index contributed by atoms with van der Waals surface area (Å²) >= 11 is 0. The van der Waals surface area contributed by atoms with Crippen LogP contribution >= 0.6 is 0 Å². The highest BCUT2D eigenvalue weighted by molar-refractivity contribution is 6.09. The summed E-state index contributed by atoms with van der Waals surface area (Å²) in [6, 6.07) is 39.8. The number of para-hydroxylation sites is 2. The summed E-state index contributed by atoms with van der Waals surface area (Å²) in [4.78, 5) is 5.98. The van der Waals surface area contributed by atoms with Crippen LogP contribution in [0.3, 0.4) is 0 Å². The molecule has 39 heavy (non-hydrogen) atoms. The fraction of sp³-hybridized carbons (Fsp3) is 0.0857. The van der Waals surface area contributed by atoms with Crippen molar-refractivity contribution >= 4 is 44.6 Å². The predicted octanol–water partition coefficient (Wildman–Crippen LogP) is 9.32. The number of nitriles is 1.